The molecule has 0 atom stereocenters. The quantitative estimate of drug-likeness (QED) is 0.692. The average molecular weight is 251 g/mol. The number of nitrogens with zero attached hydrogens (tertiary/aromatic N) is 3. The van der Waals surface area contributed by atoms with Gasteiger partial charge in [0.2, 0.25) is 0 Å². The molecule has 0 aliphatic carbocycles. The Bertz CT molecular complexity index is 726. The van der Waals surface area contributed by atoms with Crippen LogP contribution in [0.25, 0.3) is 16.9 Å². The lowest BCUT2D eigenvalue weighted by atomic mass is 10.2. The third kappa shape index (κ3) is 2.01. The number of aromatic nitrogens is 3. The van der Waals surface area contributed by atoms with E-state index in [0.29, 0.717) is 5.92 Å². The third-order valence-corrected chi connectivity index (χ3v) is 3.22. The summed E-state index contributed by atoms with van der Waals surface area (Å²) in [6.07, 6.45) is 1.82. The van der Waals surface area contributed by atoms with E-state index in [1.165, 1.54) is 5.56 Å². The number of aryl methyl sites for hydroxylation is 1. The molecule has 0 amide bonds. The smallest absolute Gasteiger partial charge is 0.164 e. The van der Waals surface area contributed by atoms with Crippen LogP contribution < -0.4 is 0 Å². The Balaban J connectivity index is 2.34. The number of imidazole rings is 1. The van der Waals surface area contributed by atoms with Crippen molar-refractivity contribution < 1.29 is 0 Å². The summed E-state index contributed by atoms with van der Waals surface area (Å²) in [5.41, 5.74) is 4.25. The number of hydrogen-bond acceptors (Lipinski definition) is 2. The van der Waals surface area contributed by atoms with Gasteiger partial charge in [0.1, 0.15) is 11.3 Å². The van der Waals surface area contributed by atoms with Crippen molar-refractivity contribution in [3.8, 4) is 5.69 Å². The summed E-state index contributed by atoms with van der Waals surface area (Å²) >= 11 is 0. The standard InChI is InChI=1S/C16H17N3/c1-11(2)15-18-14-8-5-9-17-16(14)19(15)13-7-4-6-12(3)10-13/h4-11H,1-3H3. The van der Waals surface area contributed by atoms with E-state index in [2.05, 4.69) is 54.6 Å². The van der Waals surface area contributed by atoms with Gasteiger partial charge in [-0.3, -0.25) is 4.57 Å². The maximum atomic E-state index is 4.72. The highest BCUT2D eigenvalue weighted by Gasteiger charge is 2.15. The minimum atomic E-state index is 0.356. The van der Waals surface area contributed by atoms with Crippen LogP contribution in [0.5, 0.6) is 0 Å². The van der Waals surface area contributed by atoms with Crippen molar-refractivity contribution in [2.75, 3.05) is 0 Å². The molecule has 0 saturated carbocycles. The molecule has 3 aromatic rings. The molecule has 0 N–H and O–H groups in total. The minimum absolute atomic E-state index is 0.356. The first-order valence-corrected chi connectivity index (χ1v) is 6.57. The molecular formula is C16H17N3. The first-order chi connectivity index (χ1) is 9.16. The molecule has 0 spiro atoms. The van der Waals surface area contributed by atoms with Gasteiger partial charge in [0.05, 0.1) is 0 Å². The second kappa shape index (κ2) is 4.50. The molecule has 3 heteroatoms. The van der Waals surface area contributed by atoms with E-state index in [0.717, 1.165) is 22.7 Å². The number of hydrogen-bond donors (Lipinski definition) is 0. The van der Waals surface area contributed by atoms with Crippen molar-refractivity contribution in [3.63, 3.8) is 0 Å². The van der Waals surface area contributed by atoms with Crippen LogP contribution >= 0.6 is 0 Å². The SMILES string of the molecule is Cc1cccc(-n2c(C(C)C)nc3cccnc32)c1. The first-order valence-electron chi connectivity index (χ1n) is 6.57. The van der Waals surface area contributed by atoms with Gasteiger partial charge < -0.3 is 0 Å². The Kier molecular flexibility index (Phi) is 2.82. The van der Waals surface area contributed by atoms with Crippen LogP contribution in [0.2, 0.25) is 0 Å². The van der Waals surface area contributed by atoms with Gasteiger partial charge in [0, 0.05) is 17.8 Å². The van der Waals surface area contributed by atoms with Gasteiger partial charge in [-0.15, -0.1) is 0 Å². The van der Waals surface area contributed by atoms with Crippen molar-refractivity contribution >= 4 is 11.2 Å². The molecule has 3 rings (SSSR count). The molecule has 1 aromatic carbocycles. The van der Waals surface area contributed by atoms with E-state index in [-0.39, 0.29) is 0 Å². The summed E-state index contributed by atoms with van der Waals surface area (Å²) in [5, 5.41) is 0. The third-order valence-electron chi connectivity index (χ3n) is 3.22. The van der Waals surface area contributed by atoms with Gasteiger partial charge in [-0.25, -0.2) is 9.97 Å². The van der Waals surface area contributed by atoms with Crippen molar-refractivity contribution in [2.45, 2.75) is 26.7 Å². The lowest BCUT2D eigenvalue weighted by molar-refractivity contribution is 0.757. The fraction of sp³-hybridized carbons (Fsp3) is 0.250. The Labute approximate surface area is 112 Å². The monoisotopic (exact) mass is 251 g/mol. The second-order valence-corrected chi connectivity index (χ2v) is 5.15. The Morgan fingerprint density at radius 2 is 1.95 bits per heavy atom. The molecule has 2 aromatic heterocycles. The fourth-order valence-corrected chi connectivity index (χ4v) is 2.34. The average Bonchev–Trinajstić information content (AvgIpc) is 2.78. The topological polar surface area (TPSA) is 30.7 Å². The minimum Gasteiger partial charge on any atom is -0.280 e. The van der Waals surface area contributed by atoms with Crippen LogP contribution in [0.4, 0.5) is 0 Å². The van der Waals surface area contributed by atoms with Gasteiger partial charge in [-0.1, -0.05) is 26.0 Å². The molecule has 19 heavy (non-hydrogen) atoms. The van der Waals surface area contributed by atoms with E-state index in [9.17, 15) is 0 Å². The zero-order chi connectivity index (χ0) is 13.4. The van der Waals surface area contributed by atoms with E-state index >= 15 is 0 Å². The van der Waals surface area contributed by atoms with Gasteiger partial charge in [0.15, 0.2) is 5.65 Å². The maximum Gasteiger partial charge on any atom is 0.164 e. The number of pyridine rings is 1. The van der Waals surface area contributed by atoms with Gasteiger partial charge in [-0.05, 0) is 36.8 Å². The molecular weight excluding hydrogens is 234 g/mol. The molecule has 3 nitrogen and oxygen atoms in total. The number of rotatable bonds is 2. The number of benzene rings is 1. The summed E-state index contributed by atoms with van der Waals surface area (Å²) in [7, 11) is 0. The Hall–Kier alpha value is -2.16. The molecule has 0 saturated heterocycles. The predicted molar refractivity (Wildman–Crippen MR) is 77.7 cm³/mol. The van der Waals surface area contributed by atoms with E-state index in [4.69, 9.17) is 4.98 Å². The summed E-state index contributed by atoms with van der Waals surface area (Å²) in [4.78, 5) is 9.21. The van der Waals surface area contributed by atoms with Gasteiger partial charge >= 0.3 is 0 Å². The van der Waals surface area contributed by atoms with Crippen molar-refractivity contribution in [1.82, 2.24) is 14.5 Å². The number of fused-ring (bicyclic) bond motifs is 1. The van der Waals surface area contributed by atoms with E-state index in [1.807, 2.05) is 18.3 Å². The van der Waals surface area contributed by atoms with Crippen LogP contribution in [0.3, 0.4) is 0 Å². The van der Waals surface area contributed by atoms with Gasteiger partial charge in [0.25, 0.3) is 0 Å². The molecule has 0 unspecified atom stereocenters. The Morgan fingerprint density at radius 3 is 2.68 bits per heavy atom. The van der Waals surface area contributed by atoms with Gasteiger partial charge in [-0.2, -0.15) is 0 Å². The zero-order valence-corrected chi connectivity index (χ0v) is 11.5. The molecule has 0 aliphatic rings. The van der Waals surface area contributed by atoms with Crippen LogP contribution in [-0.4, -0.2) is 14.5 Å². The largest absolute Gasteiger partial charge is 0.280 e. The summed E-state index contributed by atoms with van der Waals surface area (Å²) in [6, 6.07) is 12.4. The molecule has 0 bridgehead atoms. The lowest BCUT2D eigenvalue weighted by Gasteiger charge is -2.11. The zero-order valence-electron chi connectivity index (χ0n) is 11.5. The second-order valence-electron chi connectivity index (χ2n) is 5.15. The van der Waals surface area contributed by atoms with Crippen LogP contribution in [-0.2, 0) is 0 Å². The summed E-state index contributed by atoms with van der Waals surface area (Å²) in [5.74, 6) is 1.41. The fourth-order valence-electron chi connectivity index (χ4n) is 2.34. The van der Waals surface area contributed by atoms with Crippen molar-refractivity contribution in [2.24, 2.45) is 0 Å². The van der Waals surface area contributed by atoms with E-state index < -0.39 is 0 Å². The highest BCUT2D eigenvalue weighted by molar-refractivity contribution is 5.74. The summed E-state index contributed by atoms with van der Waals surface area (Å²) < 4.78 is 2.16. The van der Waals surface area contributed by atoms with Crippen molar-refractivity contribution in [3.05, 3.63) is 54.0 Å². The molecule has 2 heterocycles. The summed E-state index contributed by atoms with van der Waals surface area (Å²) in [6.45, 7) is 6.42. The lowest BCUT2D eigenvalue weighted by Crippen LogP contribution is -2.03. The Morgan fingerprint density at radius 1 is 1.11 bits per heavy atom. The molecule has 0 fully saturated rings. The highest BCUT2D eigenvalue weighted by Crippen LogP contribution is 2.24. The van der Waals surface area contributed by atoms with Crippen LogP contribution in [0.1, 0.15) is 31.2 Å². The molecule has 96 valence electrons. The predicted octanol–water partition coefficient (Wildman–Crippen LogP) is 3.85. The van der Waals surface area contributed by atoms with Crippen LogP contribution in [0.15, 0.2) is 42.6 Å². The first kappa shape index (κ1) is 11.9. The maximum absolute atomic E-state index is 4.72. The van der Waals surface area contributed by atoms with Crippen molar-refractivity contribution in [1.29, 1.82) is 0 Å². The highest BCUT2D eigenvalue weighted by atomic mass is 15.1. The normalized spacial score (nSPS) is 11.4. The molecule has 0 aliphatic heterocycles. The van der Waals surface area contributed by atoms with E-state index in [1.54, 1.807) is 0 Å². The molecule has 0 radical (unpaired) electrons. The van der Waals surface area contributed by atoms with Crippen LogP contribution in [0, 0.1) is 6.92 Å².